The lowest BCUT2D eigenvalue weighted by Gasteiger charge is -2.12. The molecule has 174 valence electrons. The summed E-state index contributed by atoms with van der Waals surface area (Å²) in [5.74, 6) is 1.30. The third kappa shape index (κ3) is 6.08. The monoisotopic (exact) mass is 533 g/mol. The van der Waals surface area contributed by atoms with Crippen LogP contribution in [0, 0.1) is 0 Å². The zero-order valence-electron chi connectivity index (χ0n) is 17.8. The summed E-state index contributed by atoms with van der Waals surface area (Å²) >= 11 is 24.8. The highest BCUT2D eigenvalue weighted by Crippen LogP contribution is 2.38. The average Bonchev–Trinajstić information content (AvgIpc) is 2.81. The zero-order valence-corrected chi connectivity index (χ0v) is 20.8. The average molecular weight is 535 g/mol. The molecule has 8 heteroatoms. The van der Waals surface area contributed by atoms with Gasteiger partial charge in [-0.25, -0.2) is 0 Å². The Morgan fingerprint density at radius 1 is 0.794 bits per heavy atom. The molecule has 0 fully saturated rings. The standard InChI is InChI=1S/C26H19Cl4NO3/c27-17-8-11-22(20(28)14-17)33-13-3-6-25(32)31-18-9-12-23(21(29)15-18)34-24-10-7-16-4-1-2-5-19(16)26(24)30/h1-2,4-5,7-12,14-15H,3,6,13H2,(H,31,32). The normalized spacial score (nSPS) is 10.8. The molecule has 0 aromatic heterocycles. The maximum Gasteiger partial charge on any atom is 0.224 e. The molecule has 0 atom stereocenters. The number of rotatable bonds is 8. The molecule has 0 saturated heterocycles. The lowest BCUT2D eigenvalue weighted by molar-refractivity contribution is -0.116. The van der Waals surface area contributed by atoms with Crippen LogP contribution in [-0.2, 0) is 4.79 Å². The SMILES string of the molecule is O=C(CCCOc1ccc(Cl)cc1Cl)Nc1ccc(Oc2ccc3ccccc3c2Cl)c(Cl)c1. The maximum absolute atomic E-state index is 12.3. The second-order valence-corrected chi connectivity index (χ2v) is 9.05. The van der Waals surface area contributed by atoms with Gasteiger partial charge in [-0.3, -0.25) is 4.79 Å². The van der Waals surface area contributed by atoms with Crippen molar-refractivity contribution in [2.24, 2.45) is 0 Å². The summed E-state index contributed by atoms with van der Waals surface area (Å²) in [5.41, 5.74) is 0.564. The van der Waals surface area contributed by atoms with Crippen LogP contribution in [0.1, 0.15) is 12.8 Å². The Hall–Kier alpha value is -2.63. The first-order valence-corrected chi connectivity index (χ1v) is 11.9. The van der Waals surface area contributed by atoms with E-state index < -0.39 is 0 Å². The number of benzene rings is 4. The fourth-order valence-corrected chi connectivity index (χ4v) is 4.26. The summed E-state index contributed by atoms with van der Waals surface area (Å²) in [7, 11) is 0. The summed E-state index contributed by atoms with van der Waals surface area (Å²) < 4.78 is 11.5. The van der Waals surface area contributed by atoms with Crippen LogP contribution >= 0.6 is 46.4 Å². The van der Waals surface area contributed by atoms with E-state index in [4.69, 9.17) is 55.9 Å². The van der Waals surface area contributed by atoms with E-state index in [-0.39, 0.29) is 12.3 Å². The number of amides is 1. The zero-order chi connectivity index (χ0) is 24.1. The lowest BCUT2D eigenvalue weighted by atomic mass is 10.1. The van der Waals surface area contributed by atoms with E-state index >= 15 is 0 Å². The summed E-state index contributed by atoms with van der Waals surface area (Å²) in [6.07, 6.45) is 0.786. The Balaban J connectivity index is 1.31. The Labute approximate surface area is 217 Å². The van der Waals surface area contributed by atoms with Crippen molar-refractivity contribution in [3.63, 3.8) is 0 Å². The van der Waals surface area contributed by atoms with E-state index in [1.54, 1.807) is 42.5 Å². The third-order valence-corrected chi connectivity index (χ3v) is 6.18. The molecule has 1 amide bonds. The number of carbonyl (C=O) groups excluding carboxylic acids is 1. The minimum Gasteiger partial charge on any atom is -0.492 e. The molecule has 1 N–H and O–H groups in total. The van der Waals surface area contributed by atoms with Crippen LogP contribution in [0.4, 0.5) is 5.69 Å². The molecule has 0 heterocycles. The Morgan fingerprint density at radius 3 is 2.32 bits per heavy atom. The molecule has 34 heavy (non-hydrogen) atoms. The largest absolute Gasteiger partial charge is 0.492 e. The highest BCUT2D eigenvalue weighted by molar-refractivity contribution is 6.37. The fourth-order valence-electron chi connectivity index (χ4n) is 3.30. The highest BCUT2D eigenvalue weighted by Gasteiger charge is 2.11. The van der Waals surface area contributed by atoms with Crippen molar-refractivity contribution >= 4 is 68.8 Å². The second-order valence-electron chi connectivity index (χ2n) is 7.42. The van der Waals surface area contributed by atoms with Crippen molar-refractivity contribution in [2.45, 2.75) is 12.8 Å². The van der Waals surface area contributed by atoms with Crippen LogP contribution in [0.2, 0.25) is 20.1 Å². The number of nitrogens with one attached hydrogen (secondary N) is 1. The molecule has 0 aliphatic carbocycles. The minimum absolute atomic E-state index is 0.159. The van der Waals surface area contributed by atoms with E-state index in [9.17, 15) is 4.79 Å². The van der Waals surface area contributed by atoms with Gasteiger partial charge in [-0.15, -0.1) is 0 Å². The van der Waals surface area contributed by atoms with E-state index in [2.05, 4.69) is 5.32 Å². The number of halogens is 4. The van der Waals surface area contributed by atoms with Crippen LogP contribution in [0.5, 0.6) is 17.2 Å². The molecule has 0 saturated carbocycles. The van der Waals surface area contributed by atoms with E-state index in [0.717, 1.165) is 10.8 Å². The molecule has 0 aliphatic heterocycles. The Morgan fingerprint density at radius 2 is 1.53 bits per heavy atom. The summed E-state index contributed by atoms with van der Waals surface area (Å²) in [6.45, 7) is 0.342. The van der Waals surface area contributed by atoms with E-state index in [0.29, 0.717) is 56.1 Å². The van der Waals surface area contributed by atoms with Gasteiger partial charge in [0.1, 0.15) is 17.2 Å². The predicted molar refractivity (Wildman–Crippen MR) is 140 cm³/mol. The van der Waals surface area contributed by atoms with Crippen LogP contribution < -0.4 is 14.8 Å². The highest BCUT2D eigenvalue weighted by atomic mass is 35.5. The number of fused-ring (bicyclic) bond motifs is 1. The second kappa shape index (κ2) is 11.2. The van der Waals surface area contributed by atoms with Crippen LogP contribution in [0.3, 0.4) is 0 Å². The van der Waals surface area contributed by atoms with Gasteiger partial charge in [-0.05, 0) is 54.3 Å². The van der Waals surface area contributed by atoms with Gasteiger partial charge in [0.25, 0.3) is 0 Å². The van der Waals surface area contributed by atoms with Crippen molar-refractivity contribution in [1.29, 1.82) is 0 Å². The number of hydrogen-bond donors (Lipinski definition) is 1. The number of hydrogen-bond acceptors (Lipinski definition) is 3. The molecular weight excluding hydrogens is 516 g/mol. The number of carbonyl (C=O) groups is 1. The molecule has 4 rings (SSSR count). The Bertz CT molecular complexity index is 1340. The Kier molecular flexibility index (Phi) is 8.07. The minimum atomic E-state index is -0.159. The van der Waals surface area contributed by atoms with E-state index in [1.807, 2.05) is 30.3 Å². The van der Waals surface area contributed by atoms with Crippen LogP contribution in [0.15, 0.2) is 72.8 Å². The first kappa shape index (κ1) is 24.5. The fraction of sp³-hybridized carbons (Fsp3) is 0.115. The van der Waals surface area contributed by atoms with Crippen LogP contribution in [0.25, 0.3) is 10.8 Å². The van der Waals surface area contributed by atoms with Gasteiger partial charge in [-0.1, -0.05) is 76.7 Å². The van der Waals surface area contributed by atoms with Gasteiger partial charge in [0.2, 0.25) is 5.91 Å². The van der Waals surface area contributed by atoms with Crippen molar-refractivity contribution < 1.29 is 14.3 Å². The van der Waals surface area contributed by atoms with Crippen molar-refractivity contribution in [1.82, 2.24) is 0 Å². The van der Waals surface area contributed by atoms with Crippen molar-refractivity contribution in [3.8, 4) is 17.2 Å². The van der Waals surface area contributed by atoms with Gasteiger partial charge in [0.05, 0.1) is 21.7 Å². The lowest BCUT2D eigenvalue weighted by Crippen LogP contribution is -2.12. The van der Waals surface area contributed by atoms with Crippen molar-refractivity contribution in [2.75, 3.05) is 11.9 Å². The predicted octanol–water partition coefficient (Wildman–Crippen LogP) is 9.04. The summed E-state index contributed by atoms with van der Waals surface area (Å²) in [5, 5.41) is 6.56. The first-order valence-electron chi connectivity index (χ1n) is 10.4. The summed E-state index contributed by atoms with van der Waals surface area (Å²) in [4.78, 5) is 12.3. The molecule has 0 radical (unpaired) electrons. The molecule has 0 spiro atoms. The van der Waals surface area contributed by atoms with Gasteiger partial charge < -0.3 is 14.8 Å². The topological polar surface area (TPSA) is 47.6 Å². The molecule has 0 unspecified atom stereocenters. The molecule has 0 aliphatic rings. The molecular formula is C26H19Cl4NO3. The van der Waals surface area contributed by atoms with Gasteiger partial charge in [-0.2, -0.15) is 0 Å². The number of ether oxygens (including phenoxy) is 2. The molecule has 0 bridgehead atoms. The molecule has 4 aromatic rings. The third-order valence-electron chi connectivity index (χ3n) is 4.96. The van der Waals surface area contributed by atoms with Gasteiger partial charge in [0, 0.05) is 22.5 Å². The van der Waals surface area contributed by atoms with E-state index in [1.165, 1.54) is 0 Å². The first-order chi connectivity index (χ1) is 16.4. The molecule has 4 nitrogen and oxygen atoms in total. The number of anilines is 1. The van der Waals surface area contributed by atoms with Crippen molar-refractivity contribution in [3.05, 3.63) is 92.9 Å². The smallest absolute Gasteiger partial charge is 0.224 e. The van der Waals surface area contributed by atoms with Gasteiger partial charge in [0.15, 0.2) is 0 Å². The van der Waals surface area contributed by atoms with Crippen LogP contribution in [-0.4, -0.2) is 12.5 Å². The summed E-state index contributed by atoms with van der Waals surface area (Å²) in [6, 6.07) is 21.6. The molecule has 4 aromatic carbocycles. The maximum atomic E-state index is 12.3. The van der Waals surface area contributed by atoms with Gasteiger partial charge >= 0.3 is 0 Å². The quantitative estimate of drug-likeness (QED) is 0.229.